The van der Waals surface area contributed by atoms with Crippen molar-refractivity contribution >= 4 is 18.3 Å². The minimum atomic E-state index is -0.257. The molecule has 0 bridgehead atoms. The predicted molar refractivity (Wildman–Crippen MR) is 89.9 cm³/mol. The van der Waals surface area contributed by atoms with E-state index in [0.717, 1.165) is 38.8 Å². The van der Waals surface area contributed by atoms with Crippen LogP contribution in [-0.2, 0) is 0 Å². The molecule has 2 unspecified atom stereocenters. The largest absolute Gasteiger partial charge is 0.340 e. The van der Waals surface area contributed by atoms with E-state index >= 15 is 0 Å². The molecule has 2 atom stereocenters. The topological polar surface area (TPSA) is 113 Å². The number of amides is 1. The van der Waals surface area contributed by atoms with E-state index in [9.17, 15) is 4.79 Å². The van der Waals surface area contributed by atoms with Gasteiger partial charge in [-0.05, 0) is 31.9 Å². The summed E-state index contributed by atoms with van der Waals surface area (Å²) in [5.41, 5.74) is 0.417. The molecular weight excluding hydrogens is 332 g/mol. The Morgan fingerprint density at radius 2 is 2.42 bits per heavy atom. The first-order valence-corrected chi connectivity index (χ1v) is 8.08. The summed E-state index contributed by atoms with van der Waals surface area (Å²) in [5.74, 6) is 0.284. The minimum absolute atomic E-state index is 0. The highest BCUT2D eigenvalue weighted by Gasteiger charge is 2.21. The predicted octanol–water partition coefficient (Wildman–Crippen LogP) is 1.01. The summed E-state index contributed by atoms with van der Waals surface area (Å²) in [4.78, 5) is 12.4. The lowest BCUT2D eigenvalue weighted by molar-refractivity contribution is 0.0926. The SMILES string of the molecule is CCCC(NC(=O)c1ccn(C2CCCNC2)n1)c1nn[nH]n1.Cl. The number of nitrogens with zero attached hydrogens (tertiary/aromatic N) is 5. The van der Waals surface area contributed by atoms with Gasteiger partial charge in [0.2, 0.25) is 0 Å². The summed E-state index contributed by atoms with van der Waals surface area (Å²) in [6.45, 7) is 3.99. The summed E-state index contributed by atoms with van der Waals surface area (Å²) < 4.78 is 1.88. The second-order valence-electron chi connectivity index (χ2n) is 5.77. The van der Waals surface area contributed by atoms with Crippen molar-refractivity contribution in [1.82, 2.24) is 41.0 Å². The molecule has 132 valence electrons. The minimum Gasteiger partial charge on any atom is -0.340 e. The Balaban J connectivity index is 0.00000208. The molecule has 2 aromatic heterocycles. The van der Waals surface area contributed by atoms with Crippen LogP contribution < -0.4 is 10.6 Å². The van der Waals surface area contributed by atoms with Gasteiger partial charge in [0, 0.05) is 12.7 Å². The van der Waals surface area contributed by atoms with Crippen molar-refractivity contribution in [1.29, 1.82) is 0 Å². The maximum Gasteiger partial charge on any atom is 0.272 e. The van der Waals surface area contributed by atoms with Crippen LogP contribution in [0.1, 0.15) is 61.0 Å². The lowest BCUT2D eigenvalue weighted by Gasteiger charge is -2.22. The first-order chi connectivity index (χ1) is 11.3. The maximum atomic E-state index is 12.4. The molecule has 1 amide bonds. The number of rotatable bonds is 6. The third-order valence-corrected chi connectivity index (χ3v) is 4.04. The van der Waals surface area contributed by atoms with Gasteiger partial charge in [-0.15, -0.1) is 22.6 Å². The molecule has 0 aromatic carbocycles. The molecule has 3 heterocycles. The Bertz CT molecular complexity index is 623. The van der Waals surface area contributed by atoms with Gasteiger partial charge in [0.25, 0.3) is 5.91 Å². The van der Waals surface area contributed by atoms with Crippen molar-refractivity contribution < 1.29 is 4.79 Å². The van der Waals surface area contributed by atoms with E-state index in [1.54, 1.807) is 6.07 Å². The van der Waals surface area contributed by atoms with E-state index in [0.29, 0.717) is 17.6 Å². The van der Waals surface area contributed by atoms with Gasteiger partial charge >= 0.3 is 0 Å². The fourth-order valence-corrected chi connectivity index (χ4v) is 2.83. The molecule has 1 saturated heterocycles. The number of piperidine rings is 1. The van der Waals surface area contributed by atoms with Gasteiger partial charge < -0.3 is 10.6 Å². The number of carbonyl (C=O) groups excluding carboxylic acids is 1. The molecular formula is C14H23ClN8O. The molecule has 0 aliphatic carbocycles. The molecule has 1 aliphatic heterocycles. The fraction of sp³-hybridized carbons (Fsp3) is 0.643. The van der Waals surface area contributed by atoms with Gasteiger partial charge in [0.05, 0.1) is 12.1 Å². The number of aromatic nitrogens is 6. The number of hydrogen-bond donors (Lipinski definition) is 3. The van der Waals surface area contributed by atoms with Crippen LogP contribution >= 0.6 is 12.4 Å². The highest BCUT2D eigenvalue weighted by atomic mass is 35.5. The molecule has 24 heavy (non-hydrogen) atoms. The number of nitrogens with one attached hydrogen (secondary N) is 3. The van der Waals surface area contributed by atoms with Crippen LogP contribution in [0.3, 0.4) is 0 Å². The van der Waals surface area contributed by atoms with Crippen LogP contribution in [0, 0.1) is 0 Å². The molecule has 1 fully saturated rings. The van der Waals surface area contributed by atoms with Crippen molar-refractivity contribution in [3.8, 4) is 0 Å². The highest BCUT2D eigenvalue weighted by Crippen LogP contribution is 2.17. The summed E-state index contributed by atoms with van der Waals surface area (Å²) >= 11 is 0. The second-order valence-corrected chi connectivity index (χ2v) is 5.77. The van der Waals surface area contributed by atoms with Crippen LogP contribution in [0.25, 0.3) is 0 Å². The fourth-order valence-electron chi connectivity index (χ4n) is 2.83. The zero-order valence-electron chi connectivity index (χ0n) is 13.6. The molecule has 1 aliphatic rings. The van der Waals surface area contributed by atoms with Gasteiger partial charge in [0.1, 0.15) is 5.69 Å². The number of H-pyrrole nitrogens is 1. The van der Waals surface area contributed by atoms with Crippen LogP contribution in [0.15, 0.2) is 12.3 Å². The van der Waals surface area contributed by atoms with Gasteiger partial charge in [-0.3, -0.25) is 9.48 Å². The van der Waals surface area contributed by atoms with E-state index in [1.165, 1.54) is 0 Å². The Morgan fingerprint density at radius 1 is 1.54 bits per heavy atom. The molecule has 2 aromatic rings. The van der Waals surface area contributed by atoms with Gasteiger partial charge in [-0.25, -0.2) is 0 Å². The lowest BCUT2D eigenvalue weighted by atomic mass is 10.1. The zero-order valence-corrected chi connectivity index (χ0v) is 14.4. The summed E-state index contributed by atoms with van der Waals surface area (Å²) in [6, 6.07) is 1.81. The van der Waals surface area contributed by atoms with Crippen molar-refractivity contribution in [3.63, 3.8) is 0 Å². The third-order valence-electron chi connectivity index (χ3n) is 4.04. The van der Waals surface area contributed by atoms with Crippen molar-refractivity contribution in [2.45, 2.75) is 44.7 Å². The van der Waals surface area contributed by atoms with Gasteiger partial charge in [-0.1, -0.05) is 18.6 Å². The molecule has 0 saturated carbocycles. The van der Waals surface area contributed by atoms with Crippen LogP contribution in [0.5, 0.6) is 0 Å². The summed E-state index contributed by atoms with van der Waals surface area (Å²) in [6.07, 6.45) is 5.73. The van der Waals surface area contributed by atoms with Gasteiger partial charge in [-0.2, -0.15) is 10.3 Å². The third kappa shape index (κ3) is 4.30. The van der Waals surface area contributed by atoms with Crippen molar-refractivity contribution in [3.05, 3.63) is 23.8 Å². The maximum absolute atomic E-state index is 12.4. The average Bonchev–Trinajstić information content (AvgIpc) is 3.27. The van der Waals surface area contributed by atoms with E-state index in [-0.39, 0.29) is 24.4 Å². The normalized spacial score (nSPS) is 18.6. The quantitative estimate of drug-likeness (QED) is 0.713. The monoisotopic (exact) mass is 354 g/mol. The van der Waals surface area contributed by atoms with Crippen LogP contribution in [0.2, 0.25) is 0 Å². The van der Waals surface area contributed by atoms with Crippen molar-refractivity contribution in [2.75, 3.05) is 13.1 Å². The first-order valence-electron chi connectivity index (χ1n) is 8.08. The zero-order chi connectivity index (χ0) is 16.1. The van der Waals surface area contributed by atoms with Crippen molar-refractivity contribution in [2.24, 2.45) is 0 Å². The number of tetrazole rings is 1. The summed E-state index contributed by atoms with van der Waals surface area (Å²) in [5, 5.41) is 24.6. The van der Waals surface area contributed by atoms with E-state index in [2.05, 4.69) is 36.4 Å². The van der Waals surface area contributed by atoms with E-state index in [4.69, 9.17) is 0 Å². The molecule has 9 nitrogen and oxygen atoms in total. The highest BCUT2D eigenvalue weighted by molar-refractivity contribution is 5.92. The smallest absolute Gasteiger partial charge is 0.272 e. The average molecular weight is 355 g/mol. The van der Waals surface area contributed by atoms with E-state index in [1.807, 2.05) is 17.8 Å². The molecule has 3 rings (SSSR count). The number of hydrogen-bond acceptors (Lipinski definition) is 6. The second kappa shape index (κ2) is 8.74. The lowest BCUT2D eigenvalue weighted by Crippen LogP contribution is -2.32. The Hall–Kier alpha value is -2.00. The molecule has 10 heteroatoms. The molecule has 0 spiro atoms. The van der Waals surface area contributed by atoms with E-state index < -0.39 is 0 Å². The molecule has 0 radical (unpaired) electrons. The van der Waals surface area contributed by atoms with Crippen LogP contribution in [-0.4, -0.2) is 49.4 Å². The Kier molecular flexibility index (Phi) is 6.68. The standard InChI is InChI=1S/C14H22N8O.ClH/c1-2-4-11(13-17-20-21-18-13)16-14(23)12-6-8-22(19-12)10-5-3-7-15-9-10;/h6,8,10-11,15H,2-5,7,9H2,1H3,(H,16,23)(H,17,18,20,21);1H. The van der Waals surface area contributed by atoms with Crippen LogP contribution in [0.4, 0.5) is 0 Å². The summed E-state index contributed by atoms with van der Waals surface area (Å²) in [7, 11) is 0. The number of carbonyl (C=O) groups is 1. The number of aromatic amines is 1. The van der Waals surface area contributed by atoms with Gasteiger partial charge in [0.15, 0.2) is 5.82 Å². The Labute approximate surface area is 146 Å². The first kappa shape index (κ1) is 18.3. The molecule has 3 N–H and O–H groups in total. The number of halogens is 1. The Morgan fingerprint density at radius 3 is 3.08 bits per heavy atom.